The second-order valence-electron chi connectivity index (χ2n) is 4.97. The Morgan fingerprint density at radius 1 is 1.28 bits per heavy atom. The van der Waals surface area contributed by atoms with Crippen molar-refractivity contribution in [1.82, 2.24) is 0 Å². The fourth-order valence-electron chi connectivity index (χ4n) is 2.43. The van der Waals surface area contributed by atoms with Crippen molar-refractivity contribution in [2.45, 2.75) is 38.7 Å². The Bertz CT molecular complexity index is 427. The first-order valence-electron chi connectivity index (χ1n) is 6.59. The molecule has 96 valence electrons. The lowest BCUT2D eigenvalue weighted by Gasteiger charge is -2.27. The summed E-state index contributed by atoms with van der Waals surface area (Å²) in [6, 6.07) is 7.97. The molecule has 0 aliphatic heterocycles. The lowest BCUT2D eigenvalue weighted by atomic mass is 9.89. The van der Waals surface area contributed by atoms with Gasteiger partial charge >= 0.3 is 0 Å². The van der Waals surface area contributed by atoms with E-state index in [1.54, 1.807) is 0 Å². The summed E-state index contributed by atoms with van der Waals surface area (Å²) < 4.78 is 6.01. The van der Waals surface area contributed by atoms with Gasteiger partial charge < -0.3 is 4.74 Å². The Morgan fingerprint density at radius 3 is 2.72 bits per heavy atom. The third kappa shape index (κ3) is 3.96. The monoisotopic (exact) mass is 262 g/mol. The van der Waals surface area contributed by atoms with Crippen molar-refractivity contribution in [2.24, 2.45) is 5.92 Å². The zero-order chi connectivity index (χ0) is 12.8. The van der Waals surface area contributed by atoms with Gasteiger partial charge in [0.05, 0.1) is 12.0 Å². The molecule has 0 bridgehead atoms. The maximum Gasteiger partial charge on any atom is 0.119 e. The molecule has 0 aromatic heterocycles. The zero-order valence-electron chi connectivity index (χ0n) is 10.8. The van der Waals surface area contributed by atoms with Gasteiger partial charge in [-0.1, -0.05) is 25.2 Å². The van der Waals surface area contributed by atoms with Gasteiger partial charge in [0.15, 0.2) is 0 Å². The number of benzene rings is 1. The molecule has 2 heteroatoms. The molecule has 1 aromatic carbocycles. The van der Waals surface area contributed by atoms with Crippen molar-refractivity contribution in [2.75, 3.05) is 5.88 Å². The molecule has 2 rings (SSSR count). The topological polar surface area (TPSA) is 9.23 Å². The van der Waals surface area contributed by atoms with Crippen LogP contribution in [-0.4, -0.2) is 12.0 Å². The molecule has 1 aliphatic carbocycles. The molecular formula is C16H19ClO. The average Bonchev–Trinajstić information content (AvgIpc) is 2.38. The number of ether oxygens (including phenoxy) is 1. The normalized spacial score (nSPS) is 23.0. The van der Waals surface area contributed by atoms with Gasteiger partial charge in [0.25, 0.3) is 0 Å². The van der Waals surface area contributed by atoms with Crippen molar-refractivity contribution in [3.8, 4) is 17.6 Å². The molecule has 0 spiro atoms. The van der Waals surface area contributed by atoms with Crippen LogP contribution < -0.4 is 4.74 Å². The van der Waals surface area contributed by atoms with Crippen LogP contribution in [0.3, 0.4) is 0 Å². The quantitative estimate of drug-likeness (QED) is 0.572. The van der Waals surface area contributed by atoms with Gasteiger partial charge in [0.2, 0.25) is 0 Å². The SMILES string of the molecule is CC1CCCC(Oc2ccc(C#CCCl)cc2)C1. The highest BCUT2D eigenvalue weighted by atomic mass is 35.5. The van der Waals surface area contributed by atoms with E-state index in [0.29, 0.717) is 12.0 Å². The molecule has 1 aromatic rings. The standard InChI is InChI=1S/C16H19ClO/c1-13-4-2-6-16(12-13)18-15-9-7-14(8-10-15)5-3-11-17/h7-10,13,16H,2,4,6,11-12H2,1H3. The smallest absolute Gasteiger partial charge is 0.119 e. The summed E-state index contributed by atoms with van der Waals surface area (Å²) in [5.41, 5.74) is 0.986. The molecular weight excluding hydrogens is 244 g/mol. The van der Waals surface area contributed by atoms with Crippen molar-refractivity contribution in [1.29, 1.82) is 0 Å². The summed E-state index contributed by atoms with van der Waals surface area (Å²) in [6.45, 7) is 2.31. The summed E-state index contributed by atoms with van der Waals surface area (Å²) in [6.07, 6.45) is 5.36. The summed E-state index contributed by atoms with van der Waals surface area (Å²) in [5.74, 6) is 7.95. The average molecular weight is 263 g/mol. The van der Waals surface area contributed by atoms with Crippen LogP contribution in [0.1, 0.15) is 38.2 Å². The van der Waals surface area contributed by atoms with E-state index >= 15 is 0 Å². The van der Waals surface area contributed by atoms with E-state index in [2.05, 4.69) is 18.8 Å². The number of alkyl halides is 1. The highest BCUT2D eigenvalue weighted by Crippen LogP contribution is 2.27. The molecule has 18 heavy (non-hydrogen) atoms. The van der Waals surface area contributed by atoms with Crippen LogP contribution >= 0.6 is 11.6 Å². The van der Waals surface area contributed by atoms with E-state index in [0.717, 1.165) is 17.2 Å². The van der Waals surface area contributed by atoms with Gasteiger partial charge in [0, 0.05) is 5.56 Å². The Balaban J connectivity index is 1.93. The fraction of sp³-hybridized carbons (Fsp3) is 0.500. The maximum absolute atomic E-state index is 6.01. The predicted octanol–water partition coefficient (Wildman–Crippen LogP) is 4.23. The highest BCUT2D eigenvalue weighted by Gasteiger charge is 2.19. The van der Waals surface area contributed by atoms with Gasteiger partial charge in [-0.2, -0.15) is 0 Å². The van der Waals surface area contributed by atoms with Gasteiger partial charge in [-0.15, -0.1) is 11.6 Å². The molecule has 0 heterocycles. The molecule has 1 aliphatic rings. The van der Waals surface area contributed by atoms with Crippen LogP contribution in [-0.2, 0) is 0 Å². The molecule has 0 amide bonds. The highest BCUT2D eigenvalue weighted by molar-refractivity contribution is 6.19. The maximum atomic E-state index is 6.01. The fourth-order valence-corrected chi connectivity index (χ4v) is 2.50. The summed E-state index contributed by atoms with van der Waals surface area (Å²) >= 11 is 5.53. The van der Waals surface area contributed by atoms with Crippen LogP contribution in [0.2, 0.25) is 0 Å². The number of hydrogen-bond donors (Lipinski definition) is 0. The predicted molar refractivity (Wildman–Crippen MR) is 76.1 cm³/mol. The minimum Gasteiger partial charge on any atom is -0.490 e. The van der Waals surface area contributed by atoms with E-state index in [9.17, 15) is 0 Å². The summed E-state index contributed by atoms with van der Waals surface area (Å²) in [4.78, 5) is 0. The number of halogens is 1. The minimum absolute atomic E-state index is 0.373. The summed E-state index contributed by atoms with van der Waals surface area (Å²) in [5, 5.41) is 0. The molecule has 1 saturated carbocycles. The molecule has 1 nitrogen and oxygen atoms in total. The van der Waals surface area contributed by atoms with E-state index in [-0.39, 0.29) is 0 Å². The first-order chi connectivity index (χ1) is 8.78. The molecule has 2 atom stereocenters. The van der Waals surface area contributed by atoms with E-state index in [1.165, 1.54) is 25.7 Å². The molecule has 0 saturated heterocycles. The van der Waals surface area contributed by atoms with Crippen molar-refractivity contribution in [3.05, 3.63) is 29.8 Å². The Morgan fingerprint density at radius 2 is 2.06 bits per heavy atom. The van der Waals surface area contributed by atoms with Crippen LogP contribution in [0.15, 0.2) is 24.3 Å². The molecule has 2 unspecified atom stereocenters. The van der Waals surface area contributed by atoms with Crippen LogP contribution in [0.4, 0.5) is 0 Å². The van der Waals surface area contributed by atoms with Gasteiger partial charge in [-0.25, -0.2) is 0 Å². The van der Waals surface area contributed by atoms with Gasteiger partial charge in [-0.05, 0) is 49.4 Å². The van der Waals surface area contributed by atoms with E-state index in [4.69, 9.17) is 16.3 Å². The molecule has 0 radical (unpaired) electrons. The second kappa shape index (κ2) is 6.71. The lowest BCUT2D eigenvalue weighted by Crippen LogP contribution is -2.23. The Kier molecular flexibility index (Phi) is 4.96. The lowest BCUT2D eigenvalue weighted by molar-refractivity contribution is 0.129. The molecule has 0 N–H and O–H groups in total. The van der Waals surface area contributed by atoms with Crippen molar-refractivity contribution >= 4 is 11.6 Å². The first kappa shape index (κ1) is 13.3. The Labute approximate surface area is 114 Å². The minimum atomic E-state index is 0.373. The number of rotatable bonds is 2. The largest absolute Gasteiger partial charge is 0.490 e. The second-order valence-corrected chi connectivity index (χ2v) is 5.24. The van der Waals surface area contributed by atoms with Crippen molar-refractivity contribution in [3.63, 3.8) is 0 Å². The van der Waals surface area contributed by atoms with Crippen molar-refractivity contribution < 1.29 is 4.74 Å². The van der Waals surface area contributed by atoms with Gasteiger partial charge in [0.1, 0.15) is 5.75 Å². The van der Waals surface area contributed by atoms with Crippen LogP contribution in [0, 0.1) is 17.8 Å². The molecule has 1 fully saturated rings. The third-order valence-electron chi connectivity index (χ3n) is 3.34. The van der Waals surface area contributed by atoms with E-state index in [1.807, 2.05) is 24.3 Å². The van der Waals surface area contributed by atoms with E-state index < -0.39 is 0 Å². The Hall–Kier alpha value is -1.13. The van der Waals surface area contributed by atoms with Gasteiger partial charge in [-0.3, -0.25) is 0 Å². The van der Waals surface area contributed by atoms with Crippen LogP contribution in [0.5, 0.6) is 5.75 Å². The first-order valence-corrected chi connectivity index (χ1v) is 7.13. The summed E-state index contributed by atoms with van der Waals surface area (Å²) in [7, 11) is 0. The number of hydrogen-bond acceptors (Lipinski definition) is 1. The zero-order valence-corrected chi connectivity index (χ0v) is 11.5. The van der Waals surface area contributed by atoms with Crippen LogP contribution in [0.25, 0.3) is 0 Å². The third-order valence-corrected chi connectivity index (χ3v) is 3.48.